The number of fused-ring (bicyclic) bond motifs is 1. The van der Waals surface area contributed by atoms with Gasteiger partial charge in [0.05, 0.1) is 6.04 Å². The summed E-state index contributed by atoms with van der Waals surface area (Å²) >= 11 is 1.68. The molecule has 4 nitrogen and oxygen atoms in total. The number of nitrogens with zero attached hydrogens (tertiary/aromatic N) is 2. The average Bonchev–Trinajstić information content (AvgIpc) is 2.88. The van der Waals surface area contributed by atoms with Gasteiger partial charge >= 0.3 is 0 Å². The zero-order chi connectivity index (χ0) is 15.0. The van der Waals surface area contributed by atoms with E-state index < -0.39 is 0 Å². The molecule has 0 aliphatic heterocycles. The van der Waals surface area contributed by atoms with Gasteiger partial charge in [-0.15, -0.1) is 11.3 Å². The molecule has 0 fully saturated rings. The van der Waals surface area contributed by atoms with Gasteiger partial charge in [-0.25, -0.2) is 4.98 Å². The van der Waals surface area contributed by atoms with Gasteiger partial charge in [0.15, 0.2) is 0 Å². The highest BCUT2D eigenvalue weighted by Gasteiger charge is 2.12. The summed E-state index contributed by atoms with van der Waals surface area (Å²) in [5.74, 6) is 0. The predicted octanol–water partition coefficient (Wildman–Crippen LogP) is 4.06. The summed E-state index contributed by atoms with van der Waals surface area (Å²) in [6, 6.07) is 6.16. The van der Waals surface area contributed by atoms with Gasteiger partial charge in [-0.3, -0.25) is 4.98 Å². The lowest BCUT2D eigenvalue weighted by Gasteiger charge is -2.16. The lowest BCUT2D eigenvalue weighted by molar-refractivity contribution is 0.866. The Labute approximate surface area is 128 Å². The fourth-order valence-corrected chi connectivity index (χ4v) is 3.16. The number of aromatic nitrogens is 2. The molecule has 108 valence electrons. The first-order valence-corrected chi connectivity index (χ1v) is 7.76. The number of pyridine rings is 1. The first-order valence-electron chi connectivity index (χ1n) is 6.88. The number of hydrogen-bond donors (Lipinski definition) is 2. The molecule has 1 atom stereocenters. The van der Waals surface area contributed by atoms with E-state index in [1.165, 1.54) is 0 Å². The van der Waals surface area contributed by atoms with Crippen LogP contribution in [0.1, 0.15) is 29.4 Å². The monoisotopic (exact) mass is 298 g/mol. The minimum atomic E-state index is 0.156. The third kappa shape index (κ3) is 2.69. The van der Waals surface area contributed by atoms with Gasteiger partial charge in [0.1, 0.15) is 5.01 Å². The number of rotatable bonds is 3. The van der Waals surface area contributed by atoms with Gasteiger partial charge in [-0.05, 0) is 39.0 Å². The predicted molar refractivity (Wildman–Crippen MR) is 89.8 cm³/mol. The Morgan fingerprint density at radius 3 is 2.71 bits per heavy atom. The van der Waals surface area contributed by atoms with Gasteiger partial charge in [0.2, 0.25) is 0 Å². The zero-order valence-corrected chi connectivity index (χ0v) is 13.2. The number of thiazole rings is 1. The molecule has 21 heavy (non-hydrogen) atoms. The first kappa shape index (κ1) is 13.8. The van der Waals surface area contributed by atoms with Crippen molar-refractivity contribution < 1.29 is 0 Å². The normalized spacial score (nSPS) is 12.5. The number of nitrogen functional groups attached to an aromatic ring is 1. The lowest BCUT2D eigenvalue weighted by atomic mass is 10.1. The summed E-state index contributed by atoms with van der Waals surface area (Å²) in [6.07, 6.45) is 1.84. The number of aryl methyl sites for hydroxylation is 2. The van der Waals surface area contributed by atoms with Crippen LogP contribution in [0.25, 0.3) is 10.8 Å². The van der Waals surface area contributed by atoms with Crippen LogP contribution in [0.15, 0.2) is 29.8 Å². The second-order valence-electron chi connectivity index (χ2n) is 5.27. The molecule has 0 amide bonds. The van der Waals surface area contributed by atoms with Crippen LogP contribution in [-0.4, -0.2) is 9.97 Å². The van der Waals surface area contributed by atoms with Crippen LogP contribution in [0.2, 0.25) is 0 Å². The van der Waals surface area contributed by atoms with Crippen LogP contribution in [0.4, 0.5) is 11.4 Å². The third-order valence-electron chi connectivity index (χ3n) is 3.45. The minimum Gasteiger partial charge on any atom is -0.398 e. The lowest BCUT2D eigenvalue weighted by Crippen LogP contribution is -2.07. The average molecular weight is 298 g/mol. The van der Waals surface area contributed by atoms with Crippen molar-refractivity contribution in [1.29, 1.82) is 0 Å². The molecule has 2 aromatic heterocycles. The summed E-state index contributed by atoms with van der Waals surface area (Å²) in [6.45, 7) is 6.12. The molecule has 0 aliphatic carbocycles. The van der Waals surface area contributed by atoms with Crippen LogP contribution in [0.5, 0.6) is 0 Å². The van der Waals surface area contributed by atoms with Crippen LogP contribution in [0, 0.1) is 13.8 Å². The largest absolute Gasteiger partial charge is 0.398 e. The van der Waals surface area contributed by atoms with E-state index in [9.17, 15) is 0 Å². The molecule has 0 aliphatic rings. The van der Waals surface area contributed by atoms with Gasteiger partial charge in [0.25, 0.3) is 0 Å². The SMILES string of the molecule is Cc1cc2c(NC(C)c3nc(C)cs3)ccc(N)c2cn1. The molecule has 0 saturated carbocycles. The van der Waals surface area contributed by atoms with Crippen molar-refractivity contribution in [3.63, 3.8) is 0 Å². The number of benzene rings is 1. The fraction of sp³-hybridized carbons (Fsp3) is 0.250. The van der Waals surface area contributed by atoms with Gasteiger partial charge < -0.3 is 11.1 Å². The van der Waals surface area contributed by atoms with Crippen molar-refractivity contribution in [2.45, 2.75) is 26.8 Å². The van der Waals surface area contributed by atoms with Crippen LogP contribution >= 0.6 is 11.3 Å². The Balaban J connectivity index is 2.00. The maximum absolute atomic E-state index is 6.04. The molecule has 3 aromatic rings. The molecule has 1 aromatic carbocycles. The van der Waals surface area contributed by atoms with Crippen molar-refractivity contribution in [1.82, 2.24) is 9.97 Å². The van der Waals surface area contributed by atoms with Crippen molar-refractivity contribution in [3.05, 3.63) is 46.2 Å². The van der Waals surface area contributed by atoms with Crippen LogP contribution < -0.4 is 11.1 Å². The summed E-state index contributed by atoms with van der Waals surface area (Å²) in [5.41, 5.74) is 9.89. The quantitative estimate of drug-likeness (QED) is 0.716. The molecule has 3 rings (SSSR count). The Kier molecular flexibility index (Phi) is 3.51. The number of anilines is 2. The molecular formula is C16H18N4S. The van der Waals surface area contributed by atoms with Gasteiger partial charge in [-0.2, -0.15) is 0 Å². The summed E-state index contributed by atoms with van der Waals surface area (Å²) < 4.78 is 0. The number of nitrogens with two attached hydrogens (primary N) is 1. The maximum Gasteiger partial charge on any atom is 0.115 e. The third-order valence-corrected chi connectivity index (χ3v) is 4.60. The Morgan fingerprint density at radius 2 is 2.00 bits per heavy atom. The minimum absolute atomic E-state index is 0.156. The Hall–Kier alpha value is -2.14. The fourth-order valence-electron chi connectivity index (χ4n) is 2.36. The highest BCUT2D eigenvalue weighted by molar-refractivity contribution is 7.09. The Bertz CT molecular complexity index is 794. The first-order chi connectivity index (χ1) is 10.0. The summed E-state index contributed by atoms with van der Waals surface area (Å²) in [5, 5.41) is 8.77. The smallest absolute Gasteiger partial charge is 0.115 e. The van der Waals surface area contributed by atoms with Gasteiger partial charge in [0, 0.05) is 45.1 Å². The molecule has 0 spiro atoms. The van der Waals surface area contributed by atoms with Gasteiger partial charge in [-0.1, -0.05) is 0 Å². The Morgan fingerprint density at radius 1 is 1.19 bits per heavy atom. The highest BCUT2D eigenvalue weighted by Crippen LogP contribution is 2.31. The van der Waals surface area contributed by atoms with E-state index in [4.69, 9.17) is 5.73 Å². The topological polar surface area (TPSA) is 63.8 Å². The standard InChI is InChI=1S/C16H18N4S/c1-9-6-12-13(7-18-9)14(17)4-5-15(12)20-11(3)16-19-10(2)8-21-16/h4-8,11,20H,17H2,1-3H3. The van der Waals surface area contributed by atoms with Crippen molar-refractivity contribution in [2.75, 3.05) is 11.1 Å². The van der Waals surface area contributed by atoms with Crippen molar-refractivity contribution in [3.8, 4) is 0 Å². The van der Waals surface area contributed by atoms with Crippen molar-refractivity contribution >= 4 is 33.5 Å². The number of hydrogen-bond acceptors (Lipinski definition) is 5. The molecular weight excluding hydrogens is 280 g/mol. The second kappa shape index (κ2) is 5.33. The molecule has 1 unspecified atom stereocenters. The molecule has 5 heteroatoms. The molecule has 0 bridgehead atoms. The maximum atomic E-state index is 6.04. The molecule has 3 N–H and O–H groups in total. The number of nitrogens with one attached hydrogen (secondary N) is 1. The van der Waals surface area contributed by atoms with E-state index in [1.807, 2.05) is 32.2 Å². The molecule has 2 heterocycles. The summed E-state index contributed by atoms with van der Waals surface area (Å²) in [4.78, 5) is 8.87. The molecule has 0 radical (unpaired) electrons. The van der Waals surface area contributed by atoms with E-state index in [0.717, 1.165) is 38.5 Å². The van der Waals surface area contributed by atoms with E-state index in [2.05, 4.69) is 33.7 Å². The highest BCUT2D eigenvalue weighted by atomic mass is 32.1. The van der Waals surface area contributed by atoms with Crippen LogP contribution in [0.3, 0.4) is 0 Å². The summed E-state index contributed by atoms with van der Waals surface area (Å²) in [7, 11) is 0. The zero-order valence-electron chi connectivity index (χ0n) is 12.3. The van der Waals surface area contributed by atoms with E-state index in [-0.39, 0.29) is 6.04 Å². The van der Waals surface area contributed by atoms with Crippen molar-refractivity contribution in [2.24, 2.45) is 0 Å². The van der Waals surface area contributed by atoms with E-state index in [1.54, 1.807) is 11.3 Å². The van der Waals surface area contributed by atoms with Crippen LogP contribution in [-0.2, 0) is 0 Å². The second-order valence-corrected chi connectivity index (χ2v) is 6.16. The van der Waals surface area contributed by atoms with E-state index in [0.29, 0.717) is 0 Å². The van der Waals surface area contributed by atoms with E-state index >= 15 is 0 Å². The molecule has 0 saturated heterocycles.